The molecule has 1 aliphatic heterocycles. The minimum absolute atomic E-state index is 0.0424. The molecule has 1 amide bonds. The summed E-state index contributed by atoms with van der Waals surface area (Å²) in [5, 5.41) is 11.7. The van der Waals surface area contributed by atoms with Crippen LogP contribution in [0.2, 0.25) is 0 Å². The van der Waals surface area contributed by atoms with E-state index in [-0.39, 0.29) is 18.3 Å². The molecule has 0 bridgehead atoms. The van der Waals surface area contributed by atoms with Crippen LogP contribution in [0.25, 0.3) is 0 Å². The lowest BCUT2D eigenvalue weighted by atomic mass is 10.1. The third kappa shape index (κ3) is 4.69. The Labute approximate surface area is 150 Å². The van der Waals surface area contributed by atoms with E-state index in [0.717, 1.165) is 18.4 Å². The molecular weight excluding hydrogens is 336 g/mol. The molecule has 1 aromatic carbocycles. The molecule has 0 atom stereocenters. The Balaban J connectivity index is 1.43. The van der Waals surface area contributed by atoms with Crippen LogP contribution in [-0.2, 0) is 11.3 Å². The van der Waals surface area contributed by atoms with E-state index < -0.39 is 12.1 Å². The number of carbonyl (C=O) groups is 2. The van der Waals surface area contributed by atoms with E-state index in [9.17, 15) is 9.59 Å². The minimum atomic E-state index is -1.10. The fourth-order valence-corrected chi connectivity index (χ4v) is 2.78. The van der Waals surface area contributed by atoms with Crippen molar-refractivity contribution in [2.75, 3.05) is 18.0 Å². The van der Waals surface area contributed by atoms with E-state index in [1.165, 1.54) is 12.4 Å². The summed E-state index contributed by atoms with van der Waals surface area (Å²) in [4.78, 5) is 32.8. The average molecular weight is 356 g/mol. The molecule has 0 spiro atoms. The Bertz CT molecular complexity index is 744. The van der Waals surface area contributed by atoms with Gasteiger partial charge in [-0.1, -0.05) is 30.3 Å². The number of alkyl carbamates (subject to hydrolysis) is 1. The molecule has 8 heteroatoms. The number of carbonyl (C=O) groups excluding carboxylic acids is 1. The average Bonchev–Trinajstić information content (AvgIpc) is 2.68. The van der Waals surface area contributed by atoms with Crippen molar-refractivity contribution in [3.8, 4) is 0 Å². The number of piperidine rings is 1. The zero-order valence-electron chi connectivity index (χ0n) is 14.2. The van der Waals surface area contributed by atoms with Gasteiger partial charge in [-0.25, -0.2) is 19.6 Å². The quantitative estimate of drug-likeness (QED) is 0.845. The van der Waals surface area contributed by atoms with Crippen LogP contribution in [0.4, 0.5) is 10.6 Å². The number of benzene rings is 1. The molecule has 26 heavy (non-hydrogen) atoms. The molecule has 3 rings (SSSR count). The van der Waals surface area contributed by atoms with Gasteiger partial charge in [0.05, 0.1) is 12.4 Å². The van der Waals surface area contributed by atoms with Gasteiger partial charge in [-0.05, 0) is 18.4 Å². The first-order valence-corrected chi connectivity index (χ1v) is 8.39. The fraction of sp³-hybridized carbons (Fsp3) is 0.333. The lowest BCUT2D eigenvalue weighted by Gasteiger charge is -2.32. The second-order valence-electron chi connectivity index (χ2n) is 6.03. The number of hydrogen-bond donors (Lipinski definition) is 2. The van der Waals surface area contributed by atoms with Gasteiger partial charge < -0.3 is 20.1 Å². The summed E-state index contributed by atoms with van der Waals surface area (Å²) in [5.74, 6) is -0.457. The van der Waals surface area contributed by atoms with Crippen LogP contribution in [0, 0.1) is 0 Å². The van der Waals surface area contributed by atoms with E-state index in [1.807, 2.05) is 35.2 Å². The highest BCUT2D eigenvalue weighted by Crippen LogP contribution is 2.17. The topological polar surface area (TPSA) is 105 Å². The van der Waals surface area contributed by atoms with Crippen molar-refractivity contribution < 1.29 is 19.4 Å². The van der Waals surface area contributed by atoms with E-state index in [4.69, 9.17) is 9.84 Å². The van der Waals surface area contributed by atoms with E-state index in [1.54, 1.807) is 0 Å². The van der Waals surface area contributed by atoms with Crippen molar-refractivity contribution in [3.63, 3.8) is 0 Å². The van der Waals surface area contributed by atoms with Crippen LogP contribution in [-0.4, -0.2) is 46.3 Å². The first kappa shape index (κ1) is 17.7. The van der Waals surface area contributed by atoms with Crippen LogP contribution in [0.3, 0.4) is 0 Å². The smallest absolute Gasteiger partial charge is 0.407 e. The maximum Gasteiger partial charge on any atom is 0.407 e. The van der Waals surface area contributed by atoms with Gasteiger partial charge in [0.15, 0.2) is 5.69 Å². The fourth-order valence-electron chi connectivity index (χ4n) is 2.78. The summed E-state index contributed by atoms with van der Waals surface area (Å²) in [7, 11) is 0. The van der Waals surface area contributed by atoms with Crippen LogP contribution >= 0.6 is 0 Å². The van der Waals surface area contributed by atoms with Gasteiger partial charge in [0, 0.05) is 19.1 Å². The number of nitrogens with one attached hydrogen (secondary N) is 1. The highest BCUT2D eigenvalue weighted by Gasteiger charge is 2.22. The Morgan fingerprint density at radius 2 is 1.88 bits per heavy atom. The molecule has 8 nitrogen and oxygen atoms in total. The van der Waals surface area contributed by atoms with Gasteiger partial charge in [0.1, 0.15) is 12.4 Å². The molecule has 0 saturated carbocycles. The molecule has 2 heterocycles. The van der Waals surface area contributed by atoms with Crippen molar-refractivity contribution in [3.05, 3.63) is 54.0 Å². The summed E-state index contributed by atoms with van der Waals surface area (Å²) in [6, 6.07) is 9.57. The minimum Gasteiger partial charge on any atom is -0.476 e. The first-order chi connectivity index (χ1) is 12.6. The molecule has 1 fully saturated rings. The third-order valence-corrected chi connectivity index (χ3v) is 4.21. The van der Waals surface area contributed by atoms with Crippen molar-refractivity contribution >= 4 is 17.9 Å². The molecule has 1 saturated heterocycles. The number of aromatic carboxylic acids is 1. The predicted molar refractivity (Wildman–Crippen MR) is 94.0 cm³/mol. The highest BCUT2D eigenvalue weighted by atomic mass is 16.5. The molecule has 2 N–H and O–H groups in total. The van der Waals surface area contributed by atoms with Crippen LogP contribution in [0.15, 0.2) is 42.7 Å². The lowest BCUT2D eigenvalue weighted by molar-refractivity contribution is 0.0690. The van der Waals surface area contributed by atoms with Crippen LogP contribution < -0.4 is 10.2 Å². The molecule has 2 aromatic rings. The SMILES string of the molecule is O=C(NC1CCN(c2cnc(C(=O)O)cn2)CC1)OCc1ccccc1. The molecular formula is C18H20N4O4. The van der Waals surface area contributed by atoms with Gasteiger partial charge in [-0.2, -0.15) is 0 Å². The number of amides is 1. The van der Waals surface area contributed by atoms with E-state index in [2.05, 4.69) is 15.3 Å². The van der Waals surface area contributed by atoms with Crippen molar-refractivity contribution in [1.29, 1.82) is 0 Å². The van der Waals surface area contributed by atoms with Crippen molar-refractivity contribution in [2.45, 2.75) is 25.5 Å². The standard InChI is InChI=1S/C18H20N4O4/c23-17(24)15-10-20-16(11-19-15)22-8-6-14(7-9-22)21-18(25)26-12-13-4-2-1-3-5-13/h1-5,10-11,14H,6-9,12H2,(H,21,25)(H,23,24). The van der Waals surface area contributed by atoms with E-state index >= 15 is 0 Å². The second-order valence-corrected chi connectivity index (χ2v) is 6.03. The molecule has 1 aliphatic rings. The molecule has 136 valence electrons. The summed E-state index contributed by atoms with van der Waals surface area (Å²) in [5.41, 5.74) is 0.868. The maximum absolute atomic E-state index is 11.9. The number of carboxylic acid groups (broad SMARTS) is 1. The van der Waals surface area contributed by atoms with Gasteiger partial charge in [-0.3, -0.25) is 0 Å². The van der Waals surface area contributed by atoms with E-state index in [0.29, 0.717) is 18.9 Å². The summed E-state index contributed by atoms with van der Waals surface area (Å²) >= 11 is 0. The predicted octanol–water partition coefficient (Wildman–Crippen LogP) is 2.07. The Morgan fingerprint density at radius 1 is 1.15 bits per heavy atom. The summed E-state index contributed by atoms with van der Waals surface area (Å²) in [6.07, 6.45) is 3.80. The Hall–Kier alpha value is -3.16. The number of hydrogen-bond acceptors (Lipinski definition) is 6. The third-order valence-electron chi connectivity index (χ3n) is 4.21. The number of carboxylic acids is 1. The Morgan fingerprint density at radius 3 is 2.50 bits per heavy atom. The van der Waals surface area contributed by atoms with Crippen LogP contribution in [0.1, 0.15) is 28.9 Å². The zero-order valence-corrected chi connectivity index (χ0v) is 14.2. The molecule has 0 aliphatic carbocycles. The number of rotatable bonds is 5. The number of ether oxygens (including phenoxy) is 1. The highest BCUT2D eigenvalue weighted by molar-refractivity contribution is 5.84. The maximum atomic E-state index is 11.9. The number of anilines is 1. The molecule has 0 radical (unpaired) electrons. The Kier molecular flexibility index (Phi) is 5.62. The normalized spacial score (nSPS) is 14.7. The molecule has 0 unspecified atom stereocenters. The van der Waals surface area contributed by atoms with Gasteiger partial charge in [-0.15, -0.1) is 0 Å². The second kappa shape index (κ2) is 8.28. The number of nitrogens with zero attached hydrogens (tertiary/aromatic N) is 3. The van der Waals surface area contributed by atoms with Crippen molar-refractivity contribution in [2.24, 2.45) is 0 Å². The zero-order chi connectivity index (χ0) is 18.4. The number of aromatic nitrogens is 2. The van der Waals surface area contributed by atoms with Gasteiger partial charge >= 0.3 is 12.1 Å². The van der Waals surface area contributed by atoms with Gasteiger partial charge in [0.25, 0.3) is 0 Å². The monoisotopic (exact) mass is 356 g/mol. The largest absolute Gasteiger partial charge is 0.476 e. The van der Waals surface area contributed by atoms with Crippen molar-refractivity contribution in [1.82, 2.24) is 15.3 Å². The molecule has 1 aromatic heterocycles. The van der Waals surface area contributed by atoms with Gasteiger partial charge in [0.2, 0.25) is 0 Å². The first-order valence-electron chi connectivity index (χ1n) is 8.39. The lowest BCUT2D eigenvalue weighted by Crippen LogP contribution is -2.45. The summed E-state index contributed by atoms with van der Waals surface area (Å²) < 4.78 is 5.24. The van der Waals surface area contributed by atoms with Crippen LogP contribution in [0.5, 0.6) is 0 Å². The summed E-state index contributed by atoms with van der Waals surface area (Å²) in [6.45, 7) is 1.65.